The summed E-state index contributed by atoms with van der Waals surface area (Å²) in [4.78, 5) is 0. The van der Waals surface area contributed by atoms with Crippen molar-refractivity contribution in [1.29, 1.82) is 0 Å². The van der Waals surface area contributed by atoms with Gasteiger partial charge in [-0.15, -0.1) is 4.36 Å². The molecular formula is C11H9NO3S. The van der Waals surface area contributed by atoms with Crippen molar-refractivity contribution in [1.82, 2.24) is 0 Å². The fraction of sp³-hybridized carbons (Fsp3) is 0.0909. The molecule has 2 aromatic carbocycles. The molecule has 0 aliphatic heterocycles. The van der Waals surface area contributed by atoms with Crippen LogP contribution in [0.5, 0.6) is 5.75 Å². The molecular weight excluding hydrogens is 226 g/mol. The van der Waals surface area contributed by atoms with Crippen LogP contribution in [0.1, 0.15) is 5.56 Å². The van der Waals surface area contributed by atoms with Crippen molar-refractivity contribution in [2.24, 2.45) is 4.36 Å². The highest BCUT2D eigenvalue weighted by molar-refractivity contribution is 7.61. The molecule has 0 heterocycles. The lowest BCUT2D eigenvalue weighted by atomic mass is 10.0. The molecule has 82 valence electrons. The number of rotatable bonds is 1. The van der Waals surface area contributed by atoms with Crippen molar-refractivity contribution >= 4 is 27.0 Å². The van der Waals surface area contributed by atoms with Gasteiger partial charge in [0.2, 0.25) is 0 Å². The summed E-state index contributed by atoms with van der Waals surface area (Å²) in [5.41, 5.74) is 1.13. The molecule has 0 aliphatic carbocycles. The van der Waals surface area contributed by atoms with Gasteiger partial charge in [0, 0.05) is 0 Å². The van der Waals surface area contributed by atoms with Crippen LogP contribution in [0.25, 0.3) is 10.8 Å². The van der Waals surface area contributed by atoms with Crippen LogP contribution in [0.4, 0.5) is 5.69 Å². The molecule has 16 heavy (non-hydrogen) atoms. The summed E-state index contributed by atoms with van der Waals surface area (Å²) < 4.78 is 24.5. The van der Waals surface area contributed by atoms with E-state index in [-0.39, 0.29) is 5.75 Å². The molecule has 2 aromatic rings. The minimum absolute atomic E-state index is 0.149. The van der Waals surface area contributed by atoms with Gasteiger partial charge in [0.05, 0.1) is 5.69 Å². The minimum Gasteiger partial charge on any atom is -0.508 e. The lowest BCUT2D eigenvalue weighted by Gasteiger charge is -2.04. The van der Waals surface area contributed by atoms with Gasteiger partial charge in [0.1, 0.15) is 5.75 Å². The van der Waals surface area contributed by atoms with Gasteiger partial charge in [-0.25, -0.2) is 0 Å². The van der Waals surface area contributed by atoms with E-state index in [0.717, 1.165) is 16.3 Å². The molecule has 0 saturated heterocycles. The van der Waals surface area contributed by atoms with E-state index in [0.29, 0.717) is 5.69 Å². The molecule has 5 heteroatoms. The third-order valence-corrected chi connectivity index (χ3v) is 2.76. The second-order valence-electron chi connectivity index (χ2n) is 3.42. The summed E-state index contributed by atoms with van der Waals surface area (Å²) in [6, 6.07) is 8.37. The largest absolute Gasteiger partial charge is 0.508 e. The molecule has 0 saturated carbocycles. The molecule has 0 unspecified atom stereocenters. The Morgan fingerprint density at radius 2 is 1.88 bits per heavy atom. The monoisotopic (exact) mass is 235 g/mol. The van der Waals surface area contributed by atoms with Crippen LogP contribution in [0.2, 0.25) is 0 Å². The highest BCUT2D eigenvalue weighted by atomic mass is 32.2. The first-order valence-electron chi connectivity index (χ1n) is 4.61. The summed E-state index contributed by atoms with van der Waals surface area (Å²) in [6.45, 7) is 1.77. The Labute approximate surface area is 93.9 Å². The maximum Gasteiger partial charge on any atom is 0.316 e. The van der Waals surface area contributed by atoms with E-state index in [1.54, 1.807) is 37.3 Å². The standard InChI is InChI=1S/C11H9NO3S/c1-7-10-6-9(13)4-2-8(10)3-5-11(7)12-16(14)15/h2-6,13H,1H3. The molecule has 0 aliphatic rings. The van der Waals surface area contributed by atoms with Gasteiger partial charge in [-0.1, -0.05) is 12.1 Å². The van der Waals surface area contributed by atoms with Crippen molar-refractivity contribution in [2.45, 2.75) is 6.92 Å². The molecule has 0 atom stereocenters. The zero-order valence-corrected chi connectivity index (χ0v) is 9.32. The maximum atomic E-state index is 10.5. The number of fused-ring (bicyclic) bond motifs is 1. The molecule has 0 spiro atoms. The lowest BCUT2D eigenvalue weighted by Crippen LogP contribution is -1.79. The molecule has 0 aromatic heterocycles. The number of benzene rings is 2. The normalized spacial score (nSPS) is 10.3. The Morgan fingerprint density at radius 1 is 1.19 bits per heavy atom. The van der Waals surface area contributed by atoms with Crippen LogP contribution < -0.4 is 0 Å². The van der Waals surface area contributed by atoms with Crippen LogP contribution in [-0.4, -0.2) is 13.5 Å². The zero-order chi connectivity index (χ0) is 11.7. The lowest BCUT2D eigenvalue weighted by molar-refractivity contribution is 0.476. The third kappa shape index (κ3) is 1.90. The number of nitrogens with zero attached hydrogens (tertiary/aromatic N) is 1. The van der Waals surface area contributed by atoms with Gasteiger partial charge in [0.25, 0.3) is 0 Å². The van der Waals surface area contributed by atoms with Crippen LogP contribution in [0.3, 0.4) is 0 Å². The summed E-state index contributed by atoms with van der Waals surface area (Å²) in [5, 5.41) is 11.1. The fourth-order valence-corrected chi connectivity index (χ4v) is 1.98. The van der Waals surface area contributed by atoms with Crippen molar-refractivity contribution < 1.29 is 13.5 Å². The Balaban J connectivity index is 2.82. The van der Waals surface area contributed by atoms with E-state index >= 15 is 0 Å². The van der Waals surface area contributed by atoms with Crippen molar-refractivity contribution in [2.75, 3.05) is 0 Å². The molecule has 2 rings (SSSR count). The van der Waals surface area contributed by atoms with Crippen molar-refractivity contribution in [3.8, 4) is 5.75 Å². The van der Waals surface area contributed by atoms with Crippen LogP contribution in [0.15, 0.2) is 34.7 Å². The van der Waals surface area contributed by atoms with Gasteiger partial charge < -0.3 is 5.11 Å². The van der Waals surface area contributed by atoms with Gasteiger partial charge in [-0.05, 0) is 41.5 Å². The minimum atomic E-state index is -2.46. The second-order valence-corrected chi connectivity index (χ2v) is 4.04. The Bertz CT molecular complexity index is 682. The van der Waals surface area contributed by atoms with Crippen LogP contribution in [-0.2, 0) is 10.5 Å². The number of aromatic hydroxyl groups is 1. The molecule has 0 amide bonds. The Kier molecular flexibility index (Phi) is 2.62. The van der Waals surface area contributed by atoms with Gasteiger partial charge in [-0.3, -0.25) is 0 Å². The SMILES string of the molecule is Cc1c(N=S(=O)=O)ccc2ccc(O)cc12. The topological polar surface area (TPSA) is 66.7 Å². The first-order valence-corrected chi connectivity index (χ1v) is 5.64. The quantitative estimate of drug-likeness (QED) is 0.825. The molecule has 1 N–H and O–H groups in total. The average Bonchev–Trinajstić information content (AvgIpc) is 2.22. The number of phenolic OH excluding ortho intramolecular Hbond substituents is 1. The molecule has 4 nitrogen and oxygen atoms in total. The van der Waals surface area contributed by atoms with Gasteiger partial charge in [-0.2, -0.15) is 8.42 Å². The number of hydrogen-bond donors (Lipinski definition) is 1. The molecule has 0 bridgehead atoms. The highest BCUT2D eigenvalue weighted by Crippen LogP contribution is 2.29. The van der Waals surface area contributed by atoms with Crippen LogP contribution in [0, 0.1) is 6.92 Å². The average molecular weight is 235 g/mol. The van der Waals surface area contributed by atoms with Gasteiger partial charge >= 0.3 is 10.5 Å². The fourth-order valence-electron chi connectivity index (χ4n) is 1.63. The van der Waals surface area contributed by atoms with E-state index in [4.69, 9.17) is 0 Å². The Hall–Kier alpha value is -1.88. The molecule has 0 radical (unpaired) electrons. The first-order chi connectivity index (χ1) is 7.58. The third-order valence-electron chi connectivity index (χ3n) is 2.42. The first kappa shape index (κ1) is 10.6. The smallest absolute Gasteiger partial charge is 0.316 e. The van der Waals surface area contributed by atoms with Crippen LogP contribution >= 0.6 is 0 Å². The van der Waals surface area contributed by atoms with Gasteiger partial charge in [0.15, 0.2) is 0 Å². The second kappa shape index (κ2) is 3.94. The predicted molar refractivity (Wildman–Crippen MR) is 61.4 cm³/mol. The zero-order valence-electron chi connectivity index (χ0n) is 8.51. The number of hydrogen-bond acceptors (Lipinski definition) is 4. The Morgan fingerprint density at radius 3 is 2.56 bits per heavy atom. The summed E-state index contributed by atoms with van der Waals surface area (Å²) in [5.74, 6) is 0.149. The van der Waals surface area contributed by atoms with E-state index in [1.807, 2.05) is 0 Å². The maximum absolute atomic E-state index is 10.5. The number of aryl methyl sites for hydroxylation is 1. The van der Waals surface area contributed by atoms with Crippen molar-refractivity contribution in [3.63, 3.8) is 0 Å². The summed E-state index contributed by atoms with van der Waals surface area (Å²) in [7, 11) is -2.46. The van der Waals surface area contributed by atoms with E-state index < -0.39 is 10.5 Å². The van der Waals surface area contributed by atoms with E-state index in [9.17, 15) is 13.5 Å². The highest BCUT2D eigenvalue weighted by Gasteiger charge is 2.03. The summed E-state index contributed by atoms with van der Waals surface area (Å²) in [6.07, 6.45) is 0. The predicted octanol–water partition coefficient (Wildman–Crippen LogP) is 2.55. The number of phenols is 1. The summed E-state index contributed by atoms with van der Waals surface area (Å²) >= 11 is 0. The van der Waals surface area contributed by atoms with E-state index in [1.165, 1.54) is 0 Å². The van der Waals surface area contributed by atoms with E-state index in [2.05, 4.69) is 4.36 Å². The molecule has 0 fully saturated rings. The van der Waals surface area contributed by atoms with Crippen molar-refractivity contribution in [3.05, 3.63) is 35.9 Å².